The quantitative estimate of drug-likeness (QED) is 0.684. The summed E-state index contributed by atoms with van der Waals surface area (Å²) >= 11 is 1.71. The Bertz CT molecular complexity index is 758. The molecule has 3 aromatic rings. The van der Waals surface area contributed by atoms with Crippen molar-refractivity contribution in [1.29, 1.82) is 0 Å². The lowest BCUT2D eigenvalue weighted by molar-refractivity contribution is 0.726. The third-order valence-corrected chi connectivity index (χ3v) is 5.23. The lowest BCUT2D eigenvalue weighted by Gasteiger charge is -2.22. The number of anilines is 1. The molecule has 0 bridgehead atoms. The van der Waals surface area contributed by atoms with E-state index in [1.165, 1.54) is 42.2 Å². The maximum atomic E-state index is 4.65. The van der Waals surface area contributed by atoms with Gasteiger partial charge in [0.2, 0.25) is 0 Å². The molecule has 0 unspecified atom stereocenters. The fourth-order valence-electron chi connectivity index (χ4n) is 3.21. The van der Waals surface area contributed by atoms with E-state index in [0.717, 1.165) is 23.7 Å². The van der Waals surface area contributed by atoms with Gasteiger partial charge in [-0.2, -0.15) is 0 Å². The average Bonchev–Trinajstić information content (AvgIpc) is 2.82. The Hall–Kier alpha value is -1.94. The van der Waals surface area contributed by atoms with E-state index in [1.807, 2.05) is 0 Å². The van der Waals surface area contributed by atoms with Gasteiger partial charge < -0.3 is 4.90 Å². The van der Waals surface area contributed by atoms with E-state index in [4.69, 9.17) is 0 Å². The van der Waals surface area contributed by atoms with Gasteiger partial charge in [0.15, 0.2) is 0 Å². The standard InChI is InChI=1S/C18H19N3S/c1-2-7-11-21(10-6-1)17-16-15(14-8-4-3-5-9-14)12-22-18(16)20-13-19-17/h3-5,8-9,12-13H,1-2,6-7,10-11H2. The van der Waals surface area contributed by atoms with Crippen molar-refractivity contribution in [2.75, 3.05) is 18.0 Å². The molecular weight excluding hydrogens is 290 g/mol. The fourth-order valence-corrected chi connectivity index (χ4v) is 4.12. The normalized spacial score (nSPS) is 15.9. The Morgan fingerprint density at radius 1 is 0.909 bits per heavy atom. The molecule has 1 aromatic carbocycles. The van der Waals surface area contributed by atoms with Crippen LogP contribution in [0.5, 0.6) is 0 Å². The number of benzene rings is 1. The number of rotatable bonds is 2. The highest BCUT2D eigenvalue weighted by atomic mass is 32.1. The molecule has 1 aliphatic heterocycles. The van der Waals surface area contributed by atoms with Gasteiger partial charge in [0.05, 0.1) is 5.39 Å². The van der Waals surface area contributed by atoms with Crippen molar-refractivity contribution >= 4 is 27.4 Å². The van der Waals surface area contributed by atoms with Gasteiger partial charge in [0.25, 0.3) is 0 Å². The molecule has 0 amide bonds. The lowest BCUT2D eigenvalue weighted by atomic mass is 10.1. The van der Waals surface area contributed by atoms with E-state index < -0.39 is 0 Å². The number of thiophene rings is 1. The van der Waals surface area contributed by atoms with Crippen LogP contribution in [0.25, 0.3) is 21.3 Å². The maximum Gasteiger partial charge on any atom is 0.141 e. The van der Waals surface area contributed by atoms with E-state index in [0.29, 0.717) is 0 Å². The van der Waals surface area contributed by atoms with Crippen LogP contribution in [0, 0.1) is 0 Å². The number of hydrogen-bond donors (Lipinski definition) is 0. The van der Waals surface area contributed by atoms with E-state index in [1.54, 1.807) is 17.7 Å². The number of hydrogen-bond acceptors (Lipinski definition) is 4. The van der Waals surface area contributed by atoms with E-state index in [-0.39, 0.29) is 0 Å². The zero-order valence-corrected chi connectivity index (χ0v) is 13.4. The molecule has 0 saturated carbocycles. The molecule has 112 valence electrons. The molecule has 3 heterocycles. The Morgan fingerprint density at radius 2 is 1.68 bits per heavy atom. The molecule has 1 aliphatic rings. The summed E-state index contributed by atoms with van der Waals surface area (Å²) < 4.78 is 0. The number of fused-ring (bicyclic) bond motifs is 1. The van der Waals surface area contributed by atoms with Crippen molar-refractivity contribution in [3.63, 3.8) is 0 Å². The summed E-state index contributed by atoms with van der Waals surface area (Å²) in [5, 5.41) is 3.44. The summed E-state index contributed by atoms with van der Waals surface area (Å²) in [7, 11) is 0. The van der Waals surface area contributed by atoms with E-state index >= 15 is 0 Å². The zero-order valence-electron chi connectivity index (χ0n) is 12.5. The minimum absolute atomic E-state index is 1.09. The predicted molar refractivity (Wildman–Crippen MR) is 93.5 cm³/mol. The van der Waals surface area contributed by atoms with Crippen LogP contribution in [0.3, 0.4) is 0 Å². The highest BCUT2D eigenvalue weighted by molar-refractivity contribution is 7.17. The molecule has 0 N–H and O–H groups in total. The molecule has 3 nitrogen and oxygen atoms in total. The van der Waals surface area contributed by atoms with Crippen LogP contribution in [0.4, 0.5) is 5.82 Å². The molecule has 1 fully saturated rings. The van der Waals surface area contributed by atoms with Gasteiger partial charge in [-0.1, -0.05) is 43.2 Å². The van der Waals surface area contributed by atoms with Crippen molar-refractivity contribution in [3.8, 4) is 11.1 Å². The summed E-state index contributed by atoms with van der Waals surface area (Å²) in [6.07, 6.45) is 6.90. The molecule has 0 atom stereocenters. The monoisotopic (exact) mass is 309 g/mol. The summed E-state index contributed by atoms with van der Waals surface area (Å²) in [4.78, 5) is 12.7. The van der Waals surface area contributed by atoms with Crippen LogP contribution in [0.2, 0.25) is 0 Å². The van der Waals surface area contributed by atoms with Crippen molar-refractivity contribution in [2.24, 2.45) is 0 Å². The molecule has 2 aromatic heterocycles. The Kier molecular flexibility index (Phi) is 3.77. The second kappa shape index (κ2) is 6.05. The van der Waals surface area contributed by atoms with E-state index in [2.05, 4.69) is 50.6 Å². The number of nitrogens with zero attached hydrogens (tertiary/aromatic N) is 3. The first kappa shape index (κ1) is 13.7. The molecule has 0 aliphatic carbocycles. The lowest BCUT2D eigenvalue weighted by Crippen LogP contribution is -2.25. The molecule has 0 radical (unpaired) electrons. The van der Waals surface area contributed by atoms with Crippen LogP contribution in [-0.2, 0) is 0 Å². The van der Waals surface area contributed by atoms with Crippen molar-refractivity contribution in [1.82, 2.24) is 9.97 Å². The van der Waals surface area contributed by atoms with Crippen LogP contribution in [0.1, 0.15) is 25.7 Å². The number of aromatic nitrogens is 2. The third-order valence-electron chi connectivity index (χ3n) is 4.34. The Labute approximate surface area is 134 Å². The zero-order chi connectivity index (χ0) is 14.8. The summed E-state index contributed by atoms with van der Waals surface area (Å²) in [6, 6.07) is 10.6. The van der Waals surface area contributed by atoms with Crippen molar-refractivity contribution in [3.05, 3.63) is 42.0 Å². The maximum absolute atomic E-state index is 4.65. The van der Waals surface area contributed by atoms with Gasteiger partial charge in [-0.15, -0.1) is 11.3 Å². The van der Waals surface area contributed by atoms with Crippen molar-refractivity contribution in [2.45, 2.75) is 25.7 Å². The first-order valence-corrected chi connectivity index (χ1v) is 8.84. The van der Waals surface area contributed by atoms with Crippen LogP contribution in [-0.4, -0.2) is 23.1 Å². The van der Waals surface area contributed by atoms with Crippen LogP contribution >= 0.6 is 11.3 Å². The smallest absolute Gasteiger partial charge is 0.141 e. The Balaban J connectivity index is 1.86. The summed E-state index contributed by atoms with van der Waals surface area (Å²) in [6.45, 7) is 2.21. The second-order valence-corrected chi connectivity index (χ2v) is 6.65. The molecule has 0 spiro atoms. The highest BCUT2D eigenvalue weighted by Crippen LogP contribution is 2.38. The minimum Gasteiger partial charge on any atom is -0.356 e. The van der Waals surface area contributed by atoms with Crippen molar-refractivity contribution < 1.29 is 0 Å². The summed E-state index contributed by atoms with van der Waals surface area (Å²) in [5.74, 6) is 1.12. The minimum atomic E-state index is 1.09. The Morgan fingerprint density at radius 3 is 2.45 bits per heavy atom. The van der Waals surface area contributed by atoms with E-state index in [9.17, 15) is 0 Å². The third kappa shape index (κ3) is 2.48. The molecule has 1 saturated heterocycles. The fraction of sp³-hybridized carbons (Fsp3) is 0.333. The highest BCUT2D eigenvalue weighted by Gasteiger charge is 2.18. The van der Waals surface area contributed by atoms with Gasteiger partial charge in [-0.3, -0.25) is 0 Å². The topological polar surface area (TPSA) is 29.0 Å². The van der Waals surface area contributed by atoms with Crippen LogP contribution < -0.4 is 4.90 Å². The molecular formula is C18H19N3S. The molecule has 22 heavy (non-hydrogen) atoms. The molecule has 4 heteroatoms. The first-order valence-electron chi connectivity index (χ1n) is 7.96. The SMILES string of the molecule is c1ccc(-c2csc3ncnc(N4CCCCCC4)c23)cc1. The van der Waals surface area contributed by atoms with Gasteiger partial charge >= 0.3 is 0 Å². The van der Waals surface area contributed by atoms with Crippen LogP contribution in [0.15, 0.2) is 42.0 Å². The largest absolute Gasteiger partial charge is 0.356 e. The second-order valence-electron chi connectivity index (χ2n) is 5.79. The summed E-state index contributed by atoms with van der Waals surface area (Å²) in [5.41, 5.74) is 2.51. The van der Waals surface area contributed by atoms with Gasteiger partial charge in [-0.05, 0) is 18.4 Å². The predicted octanol–water partition coefficient (Wildman–Crippen LogP) is 4.74. The average molecular weight is 309 g/mol. The first-order chi connectivity index (χ1) is 10.9. The van der Waals surface area contributed by atoms with Gasteiger partial charge in [-0.25, -0.2) is 9.97 Å². The molecule has 4 rings (SSSR count). The van der Waals surface area contributed by atoms with Gasteiger partial charge in [0, 0.05) is 24.0 Å². The van der Waals surface area contributed by atoms with Gasteiger partial charge in [0.1, 0.15) is 17.0 Å².